The fourth-order valence-corrected chi connectivity index (χ4v) is 2.69. The number of benzene rings is 2. The molecule has 0 atom stereocenters. The fraction of sp³-hybridized carbons (Fsp3) is 0.167. The van der Waals surface area contributed by atoms with Crippen molar-refractivity contribution in [3.63, 3.8) is 0 Å². The van der Waals surface area contributed by atoms with Crippen LogP contribution in [0.25, 0.3) is 21.9 Å². The Kier molecular flexibility index (Phi) is 3.48. The van der Waals surface area contributed by atoms with Crippen LogP contribution in [0.3, 0.4) is 0 Å². The zero-order valence-electron chi connectivity index (χ0n) is 12.8. The minimum absolute atomic E-state index is 0.603. The van der Waals surface area contributed by atoms with Gasteiger partial charge in [-0.25, -0.2) is 4.85 Å². The molecule has 3 aromatic rings. The molecule has 22 heavy (non-hydrogen) atoms. The molecular formula is C18H16N4. The van der Waals surface area contributed by atoms with E-state index in [1.54, 1.807) is 6.07 Å². The molecule has 0 saturated heterocycles. The molecule has 3 rings (SSSR count). The summed E-state index contributed by atoms with van der Waals surface area (Å²) < 4.78 is 2.06. The average molecular weight is 288 g/mol. The van der Waals surface area contributed by atoms with Crippen molar-refractivity contribution in [1.29, 1.82) is 0 Å². The molecule has 4 heteroatoms. The standard InChI is InChI=1S/C18H16N4/c1-12-7-5-8-13(2)17(12)22-14(3)20-21-18(22)15-9-6-10-16(11-15)19-4/h5-11H,1-3H3. The van der Waals surface area contributed by atoms with Crippen molar-refractivity contribution in [2.75, 3.05) is 0 Å². The van der Waals surface area contributed by atoms with Gasteiger partial charge >= 0.3 is 0 Å². The van der Waals surface area contributed by atoms with Gasteiger partial charge in [-0.05, 0) is 38.0 Å². The van der Waals surface area contributed by atoms with E-state index in [9.17, 15) is 0 Å². The summed E-state index contributed by atoms with van der Waals surface area (Å²) in [5.41, 5.74) is 4.95. The van der Waals surface area contributed by atoms with Crippen molar-refractivity contribution >= 4 is 5.69 Å². The molecule has 108 valence electrons. The fourth-order valence-electron chi connectivity index (χ4n) is 2.69. The maximum Gasteiger partial charge on any atom is 0.187 e. The number of rotatable bonds is 2. The minimum Gasteiger partial charge on any atom is -0.279 e. The Balaban J connectivity index is 2.27. The summed E-state index contributed by atoms with van der Waals surface area (Å²) >= 11 is 0. The second kappa shape index (κ2) is 5.45. The quantitative estimate of drug-likeness (QED) is 0.655. The van der Waals surface area contributed by atoms with E-state index >= 15 is 0 Å². The second-order valence-corrected chi connectivity index (χ2v) is 5.31. The Hall–Kier alpha value is -2.93. The number of hydrogen-bond acceptors (Lipinski definition) is 2. The second-order valence-electron chi connectivity index (χ2n) is 5.31. The largest absolute Gasteiger partial charge is 0.279 e. The lowest BCUT2D eigenvalue weighted by molar-refractivity contribution is 0.954. The number of aryl methyl sites for hydroxylation is 3. The van der Waals surface area contributed by atoms with Gasteiger partial charge in [0.25, 0.3) is 0 Å². The Labute approximate surface area is 129 Å². The normalized spacial score (nSPS) is 10.5. The number of aromatic nitrogens is 3. The van der Waals surface area contributed by atoms with Gasteiger partial charge in [0.1, 0.15) is 5.82 Å². The highest BCUT2D eigenvalue weighted by atomic mass is 15.3. The zero-order chi connectivity index (χ0) is 15.7. The van der Waals surface area contributed by atoms with Crippen molar-refractivity contribution in [1.82, 2.24) is 14.8 Å². The van der Waals surface area contributed by atoms with Gasteiger partial charge in [0.2, 0.25) is 0 Å². The summed E-state index contributed by atoms with van der Waals surface area (Å²) in [6, 6.07) is 13.7. The first-order valence-electron chi connectivity index (χ1n) is 7.08. The third kappa shape index (κ3) is 2.27. The summed E-state index contributed by atoms with van der Waals surface area (Å²) in [4.78, 5) is 3.49. The molecule has 0 unspecified atom stereocenters. The van der Waals surface area contributed by atoms with Crippen molar-refractivity contribution < 1.29 is 0 Å². The van der Waals surface area contributed by atoms with E-state index in [0.717, 1.165) is 22.9 Å². The molecular weight excluding hydrogens is 272 g/mol. The molecule has 1 heterocycles. The van der Waals surface area contributed by atoms with E-state index < -0.39 is 0 Å². The molecule has 1 aromatic heterocycles. The van der Waals surface area contributed by atoms with E-state index in [1.807, 2.05) is 31.2 Å². The molecule has 0 aliphatic carbocycles. The molecule has 0 saturated carbocycles. The molecule has 0 fully saturated rings. The predicted molar refractivity (Wildman–Crippen MR) is 87.3 cm³/mol. The van der Waals surface area contributed by atoms with Gasteiger partial charge in [-0.3, -0.25) is 4.57 Å². The van der Waals surface area contributed by atoms with Crippen molar-refractivity contribution in [2.24, 2.45) is 0 Å². The summed E-state index contributed by atoms with van der Waals surface area (Å²) in [6.07, 6.45) is 0. The number of hydrogen-bond donors (Lipinski definition) is 0. The Bertz CT molecular complexity index is 864. The van der Waals surface area contributed by atoms with Crippen molar-refractivity contribution in [2.45, 2.75) is 20.8 Å². The van der Waals surface area contributed by atoms with Crippen LogP contribution in [-0.4, -0.2) is 14.8 Å². The van der Waals surface area contributed by atoms with Crippen molar-refractivity contribution in [3.05, 3.63) is 70.8 Å². The highest BCUT2D eigenvalue weighted by Crippen LogP contribution is 2.28. The molecule has 4 nitrogen and oxygen atoms in total. The zero-order valence-corrected chi connectivity index (χ0v) is 12.8. The number of para-hydroxylation sites is 1. The SMILES string of the molecule is [C-]#[N+]c1cccc(-c2nnc(C)n2-c2c(C)cccc2C)c1. The Morgan fingerprint density at radius 3 is 2.32 bits per heavy atom. The highest BCUT2D eigenvalue weighted by Gasteiger charge is 2.16. The summed E-state index contributed by atoms with van der Waals surface area (Å²) in [6.45, 7) is 13.3. The van der Waals surface area contributed by atoms with E-state index in [2.05, 4.69) is 45.6 Å². The van der Waals surface area contributed by atoms with Gasteiger partial charge < -0.3 is 0 Å². The van der Waals surface area contributed by atoms with Crippen LogP contribution in [0.1, 0.15) is 17.0 Å². The maximum atomic E-state index is 7.18. The summed E-state index contributed by atoms with van der Waals surface area (Å²) in [7, 11) is 0. The third-order valence-corrected chi connectivity index (χ3v) is 3.72. The molecule has 0 radical (unpaired) electrons. The minimum atomic E-state index is 0.603. The van der Waals surface area contributed by atoms with E-state index in [1.165, 1.54) is 11.1 Å². The first kappa shape index (κ1) is 14.0. The third-order valence-electron chi connectivity index (χ3n) is 3.72. The van der Waals surface area contributed by atoms with Crippen LogP contribution in [0, 0.1) is 27.3 Å². The van der Waals surface area contributed by atoms with Crippen LogP contribution < -0.4 is 0 Å². The molecule has 0 aliphatic rings. The average Bonchev–Trinajstić information content (AvgIpc) is 2.89. The summed E-state index contributed by atoms with van der Waals surface area (Å²) in [5.74, 6) is 1.60. The number of nitrogens with zero attached hydrogens (tertiary/aromatic N) is 4. The van der Waals surface area contributed by atoms with Crippen LogP contribution >= 0.6 is 0 Å². The van der Waals surface area contributed by atoms with Crippen LogP contribution in [0.4, 0.5) is 5.69 Å². The predicted octanol–water partition coefficient (Wildman–Crippen LogP) is 4.41. The molecule has 2 aromatic carbocycles. The lowest BCUT2D eigenvalue weighted by Gasteiger charge is -2.14. The first-order valence-corrected chi connectivity index (χ1v) is 7.08. The lowest BCUT2D eigenvalue weighted by Crippen LogP contribution is -2.04. The monoisotopic (exact) mass is 288 g/mol. The Morgan fingerprint density at radius 1 is 0.955 bits per heavy atom. The maximum absolute atomic E-state index is 7.18. The van der Waals surface area contributed by atoms with Gasteiger partial charge in [0, 0.05) is 5.56 Å². The van der Waals surface area contributed by atoms with Gasteiger partial charge in [-0.1, -0.05) is 36.4 Å². The van der Waals surface area contributed by atoms with Crippen LogP contribution in [0.2, 0.25) is 0 Å². The molecule has 0 spiro atoms. The van der Waals surface area contributed by atoms with Crippen LogP contribution in [0.15, 0.2) is 42.5 Å². The van der Waals surface area contributed by atoms with Gasteiger partial charge in [0.15, 0.2) is 11.5 Å². The van der Waals surface area contributed by atoms with Gasteiger partial charge in [-0.15, -0.1) is 10.2 Å². The molecule has 0 N–H and O–H groups in total. The molecule has 0 bridgehead atoms. The van der Waals surface area contributed by atoms with E-state index in [0.29, 0.717) is 5.69 Å². The topological polar surface area (TPSA) is 35.1 Å². The molecule has 0 amide bonds. The lowest BCUT2D eigenvalue weighted by atomic mass is 10.1. The van der Waals surface area contributed by atoms with Gasteiger partial charge in [-0.2, -0.15) is 0 Å². The first-order chi connectivity index (χ1) is 10.6. The van der Waals surface area contributed by atoms with E-state index in [4.69, 9.17) is 6.57 Å². The highest BCUT2D eigenvalue weighted by molar-refractivity contribution is 5.66. The van der Waals surface area contributed by atoms with E-state index in [-0.39, 0.29) is 0 Å². The smallest absolute Gasteiger partial charge is 0.187 e. The van der Waals surface area contributed by atoms with Crippen molar-refractivity contribution in [3.8, 4) is 17.1 Å². The Morgan fingerprint density at radius 2 is 1.64 bits per heavy atom. The molecule has 0 aliphatic heterocycles. The van der Waals surface area contributed by atoms with Crippen LogP contribution in [-0.2, 0) is 0 Å². The summed E-state index contributed by atoms with van der Waals surface area (Å²) in [5, 5.41) is 8.57. The van der Waals surface area contributed by atoms with Crippen LogP contribution in [0.5, 0.6) is 0 Å². The van der Waals surface area contributed by atoms with Gasteiger partial charge in [0.05, 0.1) is 12.3 Å².